The van der Waals surface area contributed by atoms with Gasteiger partial charge in [0.05, 0.1) is 12.6 Å². The van der Waals surface area contributed by atoms with Gasteiger partial charge in [0.15, 0.2) is 0 Å². The fourth-order valence-corrected chi connectivity index (χ4v) is 2.20. The van der Waals surface area contributed by atoms with Crippen molar-refractivity contribution in [3.8, 4) is 0 Å². The summed E-state index contributed by atoms with van der Waals surface area (Å²) in [7, 11) is 1.64. The van der Waals surface area contributed by atoms with E-state index in [2.05, 4.69) is 5.32 Å². The van der Waals surface area contributed by atoms with Gasteiger partial charge in [-0.1, -0.05) is 29.8 Å². The molecule has 1 fully saturated rings. The second-order valence-corrected chi connectivity index (χ2v) is 5.17. The summed E-state index contributed by atoms with van der Waals surface area (Å²) in [6, 6.07) is 7.04. The molecule has 6 heteroatoms. The molecular formula is C14H19ClF2N2O. The van der Waals surface area contributed by atoms with Gasteiger partial charge in [0, 0.05) is 20.0 Å². The van der Waals surface area contributed by atoms with E-state index in [-0.39, 0.29) is 18.3 Å². The van der Waals surface area contributed by atoms with Gasteiger partial charge in [-0.3, -0.25) is 10.1 Å². The topological polar surface area (TPSA) is 32.3 Å². The average Bonchev–Trinajstić information content (AvgIpc) is 2.71. The summed E-state index contributed by atoms with van der Waals surface area (Å²) in [4.78, 5) is 13.5. The maximum atomic E-state index is 13.1. The number of carbonyl (C=O) groups is 1. The third kappa shape index (κ3) is 4.15. The van der Waals surface area contributed by atoms with Gasteiger partial charge in [-0.15, -0.1) is 12.4 Å². The van der Waals surface area contributed by atoms with Crippen molar-refractivity contribution < 1.29 is 13.6 Å². The maximum absolute atomic E-state index is 13.1. The summed E-state index contributed by atoms with van der Waals surface area (Å²) >= 11 is 0. The van der Waals surface area contributed by atoms with E-state index >= 15 is 0 Å². The van der Waals surface area contributed by atoms with Crippen LogP contribution in [0, 0.1) is 6.92 Å². The molecule has 2 rings (SSSR count). The summed E-state index contributed by atoms with van der Waals surface area (Å²) in [5.41, 5.74) is 2.14. The minimum absolute atomic E-state index is 0. The smallest absolute Gasteiger partial charge is 0.262 e. The molecule has 112 valence electrons. The maximum Gasteiger partial charge on any atom is 0.262 e. The Morgan fingerprint density at radius 1 is 1.40 bits per heavy atom. The molecule has 1 aliphatic heterocycles. The number of benzene rings is 1. The number of likely N-dealkylation sites (N-methyl/N-ethyl adjacent to an activating group) is 1. The minimum Gasteiger partial charge on any atom is -0.340 e. The van der Waals surface area contributed by atoms with E-state index in [1.165, 1.54) is 4.90 Å². The first kappa shape index (κ1) is 16.9. The van der Waals surface area contributed by atoms with Crippen molar-refractivity contribution in [2.45, 2.75) is 31.9 Å². The van der Waals surface area contributed by atoms with Crippen LogP contribution in [0.25, 0.3) is 0 Å². The van der Waals surface area contributed by atoms with Gasteiger partial charge in [0.1, 0.15) is 0 Å². The summed E-state index contributed by atoms with van der Waals surface area (Å²) in [6.45, 7) is 2.01. The Bertz CT molecular complexity index is 465. The van der Waals surface area contributed by atoms with Gasteiger partial charge in [-0.05, 0) is 12.5 Å². The van der Waals surface area contributed by atoms with Crippen LogP contribution in [-0.2, 0) is 11.3 Å². The molecule has 1 amide bonds. The van der Waals surface area contributed by atoms with Gasteiger partial charge in [0.2, 0.25) is 5.91 Å². The standard InChI is InChI=1S/C14H18F2N2O.ClH/c1-10-3-5-11(6-4-10)8-18(2)13(19)12-7-14(15,16)9-17-12;/h3-6,12,17H,7-9H2,1-2H3;1H. The molecule has 1 atom stereocenters. The lowest BCUT2D eigenvalue weighted by atomic mass is 10.1. The number of nitrogens with zero attached hydrogens (tertiary/aromatic N) is 1. The van der Waals surface area contributed by atoms with E-state index in [0.29, 0.717) is 6.54 Å². The zero-order valence-corrected chi connectivity index (χ0v) is 12.3. The van der Waals surface area contributed by atoms with Crippen LogP contribution in [0.4, 0.5) is 8.78 Å². The van der Waals surface area contributed by atoms with E-state index in [1.54, 1.807) is 7.05 Å². The normalized spacial score (nSPS) is 20.3. The average molecular weight is 305 g/mol. The van der Waals surface area contributed by atoms with Crippen LogP contribution in [-0.4, -0.2) is 36.4 Å². The lowest BCUT2D eigenvalue weighted by molar-refractivity contribution is -0.132. The second kappa shape index (κ2) is 6.50. The Hall–Kier alpha value is -1.20. The second-order valence-electron chi connectivity index (χ2n) is 5.17. The third-order valence-corrected chi connectivity index (χ3v) is 3.32. The molecule has 0 saturated carbocycles. The number of carbonyl (C=O) groups excluding carboxylic acids is 1. The number of amides is 1. The zero-order valence-electron chi connectivity index (χ0n) is 11.5. The Balaban J connectivity index is 0.00000200. The molecule has 0 bridgehead atoms. The van der Waals surface area contributed by atoms with Gasteiger partial charge >= 0.3 is 0 Å². The molecule has 1 N–H and O–H groups in total. The van der Waals surface area contributed by atoms with Crippen LogP contribution in [0.3, 0.4) is 0 Å². The van der Waals surface area contributed by atoms with E-state index in [4.69, 9.17) is 0 Å². The van der Waals surface area contributed by atoms with E-state index in [9.17, 15) is 13.6 Å². The zero-order chi connectivity index (χ0) is 14.0. The molecule has 1 saturated heterocycles. The molecular weight excluding hydrogens is 286 g/mol. The van der Waals surface area contributed by atoms with Crippen molar-refractivity contribution in [1.82, 2.24) is 10.2 Å². The van der Waals surface area contributed by atoms with Crippen molar-refractivity contribution in [3.63, 3.8) is 0 Å². The van der Waals surface area contributed by atoms with Crippen molar-refractivity contribution in [2.24, 2.45) is 0 Å². The van der Waals surface area contributed by atoms with Crippen molar-refractivity contribution in [1.29, 1.82) is 0 Å². The molecule has 0 spiro atoms. The predicted molar refractivity (Wildman–Crippen MR) is 76.3 cm³/mol. The molecule has 1 aromatic rings. The number of hydrogen-bond acceptors (Lipinski definition) is 2. The first-order chi connectivity index (χ1) is 8.87. The third-order valence-electron chi connectivity index (χ3n) is 3.32. The van der Waals surface area contributed by atoms with Crippen molar-refractivity contribution in [3.05, 3.63) is 35.4 Å². The highest BCUT2D eigenvalue weighted by Gasteiger charge is 2.43. The molecule has 1 unspecified atom stereocenters. The van der Waals surface area contributed by atoms with Crippen LogP contribution in [0.15, 0.2) is 24.3 Å². The monoisotopic (exact) mass is 304 g/mol. The fourth-order valence-electron chi connectivity index (χ4n) is 2.20. The van der Waals surface area contributed by atoms with Gasteiger partial charge in [0.25, 0.3) is 5.92 Å². The highest BCUT2D eigenvalue weighted by atomic mass is 35.5. The summed E-state index contributed by atoms with van der Waals surface area (Å²) in [5.74, 6) is -3.05. The number of aryl methyl sites for hydroxylation is 1. The van der Waals surface area contributed by atoms with Crippen LogP contribution in [0.5, 0.6) is 0 Å². The number of alkyl halides is 2. The Morgan fingerprint density at radius 3 is 2.50 bits per heavy atom. The molecule has 0 radical (unpaired) electrons. The molecule has 3 nitrogen and oxygen atoms in total. The van der Waals surface area contributed by atoms with E-state index in [1.807, 2.05) is 31.2 Å². The Kier molecular flexibility index (Phi) is 5.48. The molecule has 0 aliphatic carbocycles. The first-order valence-corrected chi connectivity index (χ1v) is 6.29. The first-order valence-electron chi connectivity index (χ1n) is 6.29. The van der Waals surface area contributed by atoms with E-state index < -0.39 is 24.9 Å². The summed E-state index contributed by atoms with van der Waals surface area (Å²) in [6.07, 6.45) is -0.413. The van der Waals surface area contributed by atoms with Crippen molar-refractivity contribution in [2.75, 3.05) is 13.6 Å². The highest BCUT2D eigenvalue weighted by molar-refractivity contribution is 5.85. The number of halogens is 3. The SMILES string of the molecule is Cc1ccc(CN(C)C(=O)C2CC(F)(F)CN2)cc1.Cl. The molecule has 1 aromatic carbocycles. The van der Waals surface area contributed by atoms with Crippen LogP contribution < -0.4 is 5.32 Å². The molecule has 1 aliphatic rings. The Labute approximate surface area is 123 Å². The quantitative estimate of drug-likeness (QED) is 0.930. The molecule has 20 heavy (non-hydrogen) atoms. The minimum atomic E-state index is -2.77. The number of hydrogen-bond donors (Lipinski definition) is 1. The van der Waals surface area contributed by atoms with Crippen LogP contribution >= 0.6 is 12.4 Å². The van der Waals surface area contributed by atoms with Crippen LogP contribution in [0.1, 0.15) is 17.5 Å². The number of rotatable bonds is 3. The predicted octanol–water partition coefficient (Wildman–Crippen LogP) is 2.37. The van der Waals surface area contributed by atoms with Crippen molar-refractivity contribution >= 4 is 18.3 Å². The van der Waals surface area contributed by atoms with E-state index in [0.717, 1.165) is 11.1 Å². The lowest BCUT2D eigenvalue weighted by Gasteiger charge is -2.21. The van der Waals surface area contributed by atoms with Gasteiger partial charge in [-0.2, -0.15) is 0 Å². The molecule has 0 aromatic heterocycles. The fraction of sp³-hybridized carbons (Fsp3) is 0.500. The van der Waals surface area contributed by atoms with Gasteiger partial charge < -0.3 is 4.90 Å². The van der Waals surface area contributed by atoms with Gasteiger partial charge in [-0.25, -0.2) is 8.78 Å². The largest absolute Gasteiger partial charge is 0.340 e. The molecule has 1 heterocycles. The summed E-state index contributed by atoms with van der Waals surface area (Å²) in [5, 5.41) is 2.58. The van der Waals surface area contributed by atoms with Crippen LogP contribution in [0.2, 0.25) is 0 Å². The lowest BCUT2D eigenvalue weighted by Crippen LogP contribution is -2.41. The Morgan fingerprint density at radius 2 is 2.00 bits per heavy atom. The summed E-state index contributed by atoms with van der Waals surface area (Å²) < 4.78 is 26.1. The number of nitrogens with one attached hydrogen (secondary N) is 1. The highest BCUT2D eigenvalue weighted by Crippen LogP contribution is 2.26.